The van der Waals surface area contributed by atoms with Gasteiger partial charge < -0.3 is 25.0 Å². The minimum atomic E-state index is -0.690. The molecule has 3 amide bonds. The molecule has 0 bridgehead atoms. The molecule has 4 heterocycles. The third-order valence-corrected chi connectivity index (χ3v) is 6.51. The Hall–Kier alpha value is -4.47. The summed E-state index contributed by atoms with van der Waals surface area (Å²) in [5.41, 5.74) is 2.81. The number of nitrogens with one attached hydrogen (secondary N) is 2. The van der Waals surface area contributed by atoms with Gasteiger partial charge in [0.15, 0.2) is 11.5 Å². The van der Waals surface area contributed by atoms with Gasteiger partial charge in [0, 0.05) is 25.0 Å². The van der Waals surface area contributed by atoms with Gasteiger partial charge in [-0.15, -0.1) is 0 Å². The Morgan fingerprint density at radius 1 is 1.06 bits per heavy atom. The summed E-state index contributed by atoms with van der Waals surface area (Å²) in [5, 5.41) is 5.81. The zero-order chi connectivity index (χ0) is 23.9. The molecule has 0 aliphatic carbocycles. The third kappa shape index (κ3) is 3.82. The minimum absolute atomic E-state index is 0.185. The molecule has 3 aliphatic rings. The number of benzene rings is 2. The molecule has 10 nitrogen and oxygen atoms in total. The topological polar surface area (TPSA) is 123 Å². The molecule has 2 N–H and O–H groups in total. The van der Waals surface area contributed by atoms with E-state index in [9.17, 15) is 14.4 Å². The molecular weight excluding hydrogens is 450 g/mol. The normalized spacial score (nSPS) is 20.4. The van der Waals surface area contributed by atoms with Crippen molar-refractivity contribution in [2.24, 2.45) is 0 Å². The van der Waals surface area contributed by atoms with Crippen molar-refractivity contribution in [3.8, 4) is 22.6 Å². The molecule has 176 valence electrons. The molecule has 1 fully saturated rings. The van der Waals surface area contributed by atoms with E-state index in [1.54, 1.807) is 17.0 Å². The fraction of sp³-hybridized carbons (Fsp3) is 0.240. The summed E-state index contributed by atoms with van der Waals surface area (Å²) in [5.74, 6) is 0.497. The van der Waals surface area contributed by atoms with Crippen LogP contribution in [-0.2, 0) is 4.79 Å². The van der Waals surface area contributed by atoms with E-state index in [0.29, 0.717) is 42.1 Å². The molecule has 1 saturated heterocycles. The summed E-state index contributed by atoms with van der Waals surface area (Å²) in [6.45, 7) is 0.528. The van der Waals surface area contributed by atoms with Gasteiger partial charge in [0.25, 0.3) is 11.8 Å². The smallest absolute Gasteiger partial charge is 0.271 e. The largest absolute Gasteiger partial charge is 0.454 e. The van der Waals surface area contributed by atoms with Crippen molar-refractivity contribution in [3.63, 3.8) is 0 Å². The van der Waals surface area contributed by atoms with Crippen LogP contribution in [0.15, 0.2) is 55.0 Å². The van der Waals surface area contributed by atoms with E-state index in [4.69, 9.17) is 9.47 Å². The van der Waals surface area contributed by atoms with Crippen molar-refractivity contribution >= 4 is 23.4 Å². The molecule has 0 unspecified atom stereocenters. The number of hydrogen-bond acceptors (Lipinski definition) is 7. The molecule has 1 aromatic heterocycles. The van der Waals surface area contributed by atoms with Gasteiger partial charge in [0.05, 0.1) is 17.4 Å². The highest BCUT2D eigenvalue weighted by Gasteiger charge is 2.40. The highest BCUT2D eigenvalue weighted by molar-refractivity contribution is 6.10. The number of piperidine rings is 1. The minimum Gasteiger partial charge on any atom is -0.454 e. The van der Waals surface area contributed by atoms with Gasteiger partial charge in [-0.1, -0.05) is 12.1 Å². The highest BCUT2D eigenvalue weighted by atomic mass is 16.7. The number of hydrogen-bond donors (Lipinski definition) is 2. The lowest BCUT2D eigenvalue weighted by Crippen LogP contribution is -2.55. The van der Waals surface area contributed by atoms with Crippen LogP contribution in [0.1, 0.15) is 33.7 Å². The first-order valence-electron chi connectivity index (χ1n) is 11.3. The van der Waals surface area contributed by atoms with Crippen molar-refractivity contribution in [1.82, 2.24) is 20.2 Å². The van der Waals surface area contributed by atoms with Crippen LogP contribution in [0.5, 0.6) is 11.5 Å². The van der Waals surface area contributed by atoms with Crippen molar-refractivity contribution in [3.05, 3.63) is 66.2 Å². The van der Waals surface area contributed by atoms with Crippen molar-refractivity contribution in [2.45, 2.75) is 24.9 Å². The fourth-order valence-electron chi connectivity index (χ4n) is 4.72. The summed E-state index contributed by atoms with van der Waals surface area (Å²) >= 11 is 0. The van der Waals surface area contributed by atoms with Crippen LogP contribution in [0.25, 0.3) is 11.1 Å². The third-order valence-electron chi connectivity index (χ3n) is 6.51. The van der Waals surface area contributed by atoms with Gasteiger partial charge >= 0.3 is 0 Å². The molecule has 35 heavy (non-hydrogen) atoms. The van der Waals surface area contributed by atoms with Crippen LogP contribution in [0.4, 0.5) is 5.69 Å². The summed E-state index contributed by atoms with van der Waals surface area (Å²) in [6.07, 6.45) is 5.17. The van der Waals surface area contributed by atoms with Crippen LogP contribution in [0.3, 0.4) is 0 Å². The van der Waals surface area contributed by atoms with Gasteiger partial charge in [-0.2, -0.15) is 0 Å². The van der Waals surface area contributed by atoms with E-state index in [2.05, 4.69) is 20.6 Å². The molecule has 6 rings (SSSR count). The van der Waals surface area contributed by atoms with E-state index >= 15 is 0 Å². The van der Waals surface area contributed by atoms with Crippen LogP contribution < -0.4 is 20.1 Å². The summed E-state index contributed by atoms with van der Waals surface area (Å²) < 4.78 is 10.9. The zero-order valence-corrected chi connectivity index (χ0v) is 18.6. The van der Waals surface area contributed by atoms with E-state index < -0.39 is 6.04 Å². The molecule has 0 spiro atoms. The maximum absolute atomic E-state index is 13.5. The van der Waals surface area contributed by atoms with Crippen LogP contribution in [-0.4, -0.2) is 58.0 Å². The first-order valence-corrected chi connectivity index (χ1v) is 11.3. The number of carbonyl (C=O) groups is 3. The van der Waals surface area contributed by atoms with E-state index in [1.807, 2.05) is 24.3 Å². The second-order valence-electron chi connectivity index (χ2n) is 8.62. The number of anilines is 1. The Labute approximate surface area is 200 Å². The lowest BCUT2D eigenvalue weighted by Gasteiger charge is -2.37. The van der Waals surface area contributed by atoms with Crippen LogP contribution >= 0.6 is 0 Å². The number of aromatic nitrogens is 2. The van der Waals surface area contributed by atoms with Crippen molar-refractivity contribution in [2.75, 3.05) is 18.7 Å². The Morgan fingerprint density at radius 3 is 2.74 bits per heavy atom. The first-order chi connectivity index (χ1) is 17.1. The Balaban J connectivity index is 1.23. The molecular formula is C25H21N5O5. The van der Waals surface area contributed by atoms with Gasteiger partial charge in [-0.3, -0.25) is 19.4 Å². The maximum Gasteiger partial charge on any atom is 0.271 e. The molecule has 2 atom stereocenters. The average Bonchev–Trinajstić information content (AvgIpc) is 3.33. The number of fused-ring (bicyclic) bond motifs is 3. The lowest BCUT2D eigenvalue weighted by atomic mass is 9.95. The summed E-state index contributed by atoms with van der Waals surface area (Å²) in [6, 6.07) is 10.1. The van der Waals surface area contributed by atoms with E-state index in [0.717, 1.165) is 11.1 Å². The van der Waals surface area contributed by atoms with Crippen LogP contribution in [0, 0.1) is 0 Å². The molecule has 0 saturated carbocycles. The first kappa shape index (κ1) is 21.1. The lowest BCUT2D eigenvalue weighted by molar-refractivity contribution is -0.121. The second kappa shape index (κ2) is 8.39. The molecule has 3 aliphatic heterocycles. The number of amides is 3. The standard InChI is InChI=1S/C25H21N5O5/c31-23(19-12-26-6-7-27-19)28-16-5-8-30-20(11-16)24(32)29-18-3-1-14(9-17(18)25(30)33)15-2-4-21-22(10-15)35-13-34-21/h1-4,6-7,9-10,12,16,20H,5,8,11,13H2,(H,28,31)(H,29,32)/t16-,20-/m0/s1. The second-order valence-corrected chi connectivity index (χ2v) is 8.62. The van der Waals surface area contributed by atoms with Gasteiger partial charge in [0.2, 0.25) is 12.7 Å². The molecule has 10 heteroatoms. The Bertz CT molecular complexity index is 1350. The van der Waals surface area contributed by atoms with Gasteiger partial charge in [-0.05, 0) is 48.2 Å². The fourth-order valence-corrected chi connectivity index (χ4v) is 4.72. The highest BCUT2D eigenvalue weighted by Crippen LogP contribution is 2.37. The number of carbonyl (C=O) groups excluding carboxylic acids is 3. The summed E-state index contributed by atoms with van der Waals surface area (Å²) in [4.78, 5) is 48.6. The number of rotatable bonds is 3. The molecule has 3 aromatic rings. The van der Waals surface area contributed by atoms with Crippen molar-refractivity contribution < 1.29 is 23.9 Å². The van der Waals surface area contributed by atoms with Crippen LogP contribution in [0.2, 0.25) is 0 Å². The average molecular weight is 471 g/mol. The zero-order valence-electron chi connectivity index (χ0n) is 18.6. The van der Waals surface area contributed by atoms with Gasteiger partial charge in [-0.25, -0.2) is 4.98 Å². The monoisotopic (exact) mass is 471 g/mol. The molecule has 0 radical (unpaired) electrons. The van der Waals surface area contributed by atoms with E-state index in [1.165, 1.54) is 18.6 Å². The van der Waals surface area contributed by atoms with Gasteiger partial charge in [0.1, 0.15) is 11.7 Å². The Morgan fingerprint density at radius 2 is 1.89 bits per heavy atom. The maximum atomic E-state index is 13.5. The quantitative estimate of drug-likeness (QED) is 0.601. The molecule has 2 aromatic carbocycles. The summed E-state index contributed by atoms with van der Waals surface area (Å²) in [7, 11) is 0. The Kier molecular flexibility index (Phi) is 5.05. The SMILES string of the molecule is O=C(N[C@H]1CCN2C(=O)c3cc(-c4ccc5c(c4)OCO5)ccc3NC(=O)[C@@H]2C1)c1cnccn1. The predicted octanol–water partition coefficient (Wildman–Crippen LogP) is 2.23. The number of nitrogens with zero attached hydrogens (tertiary/aromatic N) is 3. The van der Waals surface area contributed by atoms with Crippen molar-refractivity contribution in [1.29, 1.82) is 0 Å². The predicted molar refractivity (Wildman–Crippen MR) is 124 cm³/mol. The number of ether oxygens (including phenoxy) is 2. The van der Waals surface area contributed by atoms with E-state index in [-0.39, 0.29) is 36.3 Å².